The average Bonchev–Trinajstić information content (AvgIpc) is 2.77. The molecule has 1 aliphatic rings. The predicted octanol–water partition coefficient (Wildman–Crippen LogP) is 3.22. The van der Waals surface area contributed by atoms with Gasteiger partial charge in [0.1, 0.15) is 17.1 Å². The second-order valence-corrected chi connectivity index (χ2v) is 7.24. The van der Waals surface area contributed by atoms with E-state index in [4.69, 9.17) is 9.15 Å². The number of rotatable bonds is 5. The lowest BCUT2D eigenvalue weighted by Crippen LogP contribution is -2.50. The van der Waals surface area contributed by atoms with Gasteiger partial charge < -0.3 is 19.0 Å². The number of carbonyl (C=O) groups excluding carboxylic acids is 1. The molecule has 1 amide bonds. The monoisotopic (exact) mass is 410 g/mol. The van der Waals surface area contributed by atoms with Gasteiger partial charge in [0.05, 0.1) is 0 Å². The number of ether oxygens (including phenoxy) is 1. The first kappa shape index (κ1) is 19.9. The maximum atomic E-state index is 13.1. The third-order valence-corrected chi connectivity index (χ3v) is 5.37. The normalized spacial score (nSPS) is 14.2. The van der Waals surface area contributed by atoms with Crippen molar-refractivity contribution in [3.63, 3.8) is 0 Å². The van der Waals surface area contributed by atoms with Crippen molar-refractivity contribution in [2.75, 3.05) is 37.7 Å². The number of aryl methyl sites for hydroxylation is 1. The summed E-state index contributed by atoms with van der Waals surface area (Å²) in [5.41, 5.74) is 1.93. The fourth-order valence-corrected chi connectivity index (χ4v) is 3.69. The molecule has 7 heteroatoms. The molecule has 0 N–H and O–H groups in total. The van der Waals surface area contributed by atoms with E-state index < -0.39 is 5.63 Å². The highest BCUT2D eigenvalue weighted by atomic mass is 19.1. The topological polar surface area (TPSA) is 63.0 Å². The fourth-order valence-electron chi connectivity index (χ4n) is 3.69. The van der Waals surface area contributed by atoms with E-state index in [0.29, 0.717) is 37.5 Å². The summed E-state index contributed by atoms with van der Waals surface area (Å²) < 4.78 is 24.0. The third kappa shape index (κ3) is 4.30. The summed E-state index contributed by atoms with van der Waals surface area (Å²) in [5, 5.41) is 0.868. The fraction of sp³-hybridized carbons (Fsp3) is 0.304. The Labute approximate surface area is 173 Å². The molecule has 1 saturated heterocycles. The van der Waals surface area contributed by atoms with Crippen LogP contribution >= 0.6 is 0 Å². The Morgan fingerprint density at radius 1 is 1.07 bits per heavy atom. The van der Waals surface area contributed by atoms with Crippen LogP contribution in [0.4, 0.5) is 10.1 Å². The highest BCUT2D eigenvalue weighted by Gasteiger charge is 2.21. The van der Waals surface area contributed by atoms with Crippen LogP contribution in [0.2, 0.25) is 0 Å². The molecular weight excluding hydrogens is 387 g/mol. The molecule has 6 nitrogen and oxygen atoms in total. The zero-order chi connectivity index (χ0) is 21.1. The van der Waals surface area contributed by atoms with Crippen molar-refractivity contribution in [3.05, 3.63) is 70.3 Å². The number of nitrogens with zero attached hydrogens (tertiary/aromatic N) is 2. The van der Waals surface area contributed by atoms with Crippen molar-refractivity contribution < 1.29 is 18.3 Å². The van der Waals surface area contributed by atoms with Crippen LogP contribution in [-0.2, 0) is 11.2 Å². The van der Waals surface area contributed by atoms with Gasteiger partial charge in [0.25, 0.3) is 5.91 Å². The third-order valence-electron chi connectivity index (χ3n) is 5.37. The van der Waals surface area contributed by atoms with Gasteiger partial charge in [0.2, 0.25) is 0 Å². The predicted molar refractivity (Wildman–Crippen MR) is 113 cm³/mol. The molecule has 3 aromatic rings. The molecule has 0 unspecified atom stereocenters. The minimum absolute atomic E-state index is 0.0836. The van der Waals surface area contributed by atoms with Gasteiger partial charge in [-0.05, 0) is 48.4 Å². The molecule has 30 heavy (non-hydrogen) atoms. The van der Waals surface area contributed by atoms with E-state index >= 15 is 0 Å². The van der Waals surface area contributed by atoms with Crippen LogP contribution in [0, 0.1) is 5.82 Å². The Kier molecular flexibility index (Phi) is 5.70. The number of hydrogen-bond donors (Lipinski definition) is 0. The van der Waals surface area contributed by atoms with Gasteiger partial charge >= 0.3 is 5.63 Å². The van der Waals surface area contributed by atoms with Crippen molar-refractivity contribution in [2.45, 2.75) is 13.3 Å². The summed E-state index contributed by atoms with van der Waals surface area (Å²) in [5.74, 6) is 0.124. The molecule has 0 atom stereocenters. The lowest BCUT2D eigenvalue weighted by Gasteiger charge is -2.36. The van der Waals surface area contributed by atoms with E-state index in [0.717, 1.165) is 23.1 Å². The highest BCUT2D eigenvalue weighted by Crippen LogP contribution is 2.23. The first-order valence-corrected chi connectivity index (χ1v) is 10.0. The van der Waals surface area contributed by atoms with Crippen molar-refractivity contribution in [1.82, 2.24) is 4.90 Å². The van der Waals surface area contributed by atoms with Gasteiger partial charge in [-0.2, -0.15) is 0 Å². The number of carbonyl (C=O) groups is 1. The summed E-state index contributed by atoms with van der Waals surface area (Å²) in [4.78, 5) is 28.1. The zero-order valence-electron chi connectivity index (χ0n) is 16.8. The highest BCUT2D eigenvalue weighted by molar-refractivity contribution is 5.82. The Morgan fingerprint density at radius 3 is 2.50 bits per heavy atom. The molecule has 2 aromatic carbocycles. The van der Waals surface area contributed by atoms with E-state index in [9.17, 15) is 14.0 Å². The number of hydrogen-bond acceptors (Lipinski definition) is 5. The van der Waals surface area contributed by atoms with Gasteiger partial charge in [-0.25, -0.2) is 9.18 Å². The van der Waals surface area contributed by atoms with Crippen molar-refractivity contribution in [2.24, 2.45) is 0 Å². The molecule has 1 aromatic heterocycles. The maximum absolute atomic E-state index is 13.1. The van der Waals surface area contributed by atoms with Crippen LogP contribution in [0.3, 0.4) is 0 Å². The second-order valence-electron chi connectivity index (χ2n) is 7.24. The summed E-state index contributed by atoms with van der Waals surface area (Å²) in [6.45, 7) is 4.40. The van der Waals surface area contributed by atoms with E-state index in [-0.39, 0.29) is 18.3 Å². The molecule has 0 aliphatic carbocycles. The summed E-state index contributed by atoms with van der Waals surface area (Å²) >= 11 is 0. The Balaban J connectivity index is 1.35. The minimum atomic E-state index is -0.397. The number of benzene rings is 2. The number of halogens is 1. The van der Waals surface area contributed by atoms with Gasteiger partial charge in [-0.15, -0.1) is 0 Å². The largest absolute Gasteiger partial charge is 0.484 e. The number of anilines is 1. The van der Waals surface area contributed by atoms with E-state index in [2.05, 4.69) is 4.90 Å². The van der Waals surface area contributed by atoms with Crippen LogP contribution in [-0.4, -0.2) is 43.6 Å². The van der Waals surface area contributed by atoms with Crippen LogP contribution in [0.15, 0.2) is 57.7 Å². The molecule has 156 valence electrons. The zero-order valence-corrected chi connectivity index (χ0v) is 16.8. The van der Waals surface area contributed by atoms with Crippen LogP contribution < -0.4 is 15.3 Å². The maximum Gasteiger partial charge on any atom is 0.336 e. The van der Waals surface area contributed by atoms with E-state index in [1.807, 2.05) is 13.0 Å². The first-order valence-electron chi connectivity index (χ1n) is 10.0. The Bertz CT molecular complexity index is 1100. The Morgan fingerprint density at radius 2 is 1.80 bits per heavy atom. The summed E-state index contributed by atoms with van der Waals surface area (Å²) in [6.07, 6.45) is 0.727. The molecule has 0 spiro atoms. The van der Waals surface area contributed by atoms with Crippen LogP contribution in [0.1, 0.15) is 12.5 Å². The number of amides is 1. The molecular formula is C23H23FN2O4. The molecule has 4 rings (SSSR count). The van der Waals surface area contributed by atoms with Crippen LogP contribution in [0.25, 0.3) is 11.0 Å². The van der Waals surface area contributed by atoms with Crippen molar-refractivity contribution in [3.8, 4) is 5.75 Å². The van der Waals surface area contributed by atoms with Crippen molar-refractivity contribution in [1.29, 1.82) is 0 Å². The second kappa shape index (κ2) is 8.57. The molecule has 1 aliphatic heterocycles. The first-order chi connectivity index (χ1) is 14.5. The summed E-state index contributed by atoms with van der Waals surface area (Å²) in [6, 6.07) is 13.1. The Hall–Kier alpha value is -3.35. The number of fused-ring (bicyclic) bond motifs is 1. The lowest BCUT2D eigenvalue weighted by atomic mass is 10.1. The van der Waals surface area contributed by atoms with Gasteiger partial charge in [0.15, 0.2) is 6.61 Å². The van der Waals surface area contributed by atoms with Crippen LogP contribution in [0.5, 0.6) is 5.75 Å². The SMILES string of the molecule is CCc1cc(=O)oc2cc(OCC(=O)N3CCN(c4ccc(F)cc4)CC3)ccc12. The molecule has 1 fully saturated rings. The lowest BCUT2D eigenvalue weighted by molar-refractivity contribution is -0.133. The smallest absolute Gasteiger partial charge is 0.336 e. The quantitative estimate of drug-likeness (QED) is 0.605. The molecule has 0 saturated carbocycles. The standard InChI is InChI=1S/C23H23FN2O4/c1-2-16-13-23(28)30-21-14-19(7-8-20(16)21)29-15-22(27)26-11-9-25(10-12-26)18-5-3-17(24)4-6-18/h3-8,13-14H,2,9-12,15H2,1H3. The summed E-state index contributed by atoms with van der Waals surface area (Å²) in [7, 11) is 0. The van der Waals surface area contributed by atoms with Gasteiger partial charge in [0, 0.05) is 49.4 Å². The minimum Gasteiger partial charge on any atom is -0.484 e. The number of piperazine rings is 1. The van der Waals surface area contributed by atoms with Crippen molar-refractivity contribution >= 4 is 22.6 Å². The van der Waals surface area contributed by atoms with E-state index in [1.54, 1.807) is 29.2 Å². The van der Waals surface area contributed by atoms with E-state index in [1.165, 1.54) is 18.2 Å². The molecule has 0 bridgehead atoms. The van der Waals surface area contributed by atoms with Gasteiger partial charge in [-0.1, -0.05) is 6.92 Å². The molecule has 2 heterocycles. The molecule has 0 radical (unpaired) electrons. The average molecular weight is 410 g/mol. The van der Waals surface area contributed by atoms with Gasteiger partial charge in [-0.3, -0.25) is 4.79 Å².